The molecule has 0 aliphatic heterocycles. The van der Waals surface area contributed by atoms with Crippen LogP contribution in [0.5, 0.6) is 0 Å². The largest absolute Gasteiger partial charge is 0.481 e. The van der Waals surface area contributed by atoms with Crippen molar-refractivity contribution >= 4 is 28.5 Å². The van der Waals surface area contributed by atoms with Gasteiger partial charge in [-0.25, -0.2) is 0 Å². The smallest absolute Gasteiger partial charge is 0.315 e. The Bertz CT molecular complexity index is 635. The number of nitrogens with zero attached hydrogens (tertiary/aromatic N) is 1. The normalized spacial score (nSPS) is 11.8. The maximum atomic E-state index is 11.3. The van der Waals surface area contributed by atoms with Crippen LogP contribution in [0.4, 0.5) is 0 Å². The fourth-order valence-corrected chi connectivity index (χ4v) is 2.15. The summed E-state index contributed by atoms with van der Waals surface area (Å²) in [7, 11) is 0. The fraction of sp³-hybridized carbons (Fsp3) is 0.286. The Morgan fingerprint density at radius 2 is 2.00 bits per heavy atom. The van der Waals surface area contributed by atoms with E-state index in [9.17, 15) is 9.90 Å². The number of hydrogen-bond acceptors (Lipinski definition) is 2. The van der Waals surface area contributed by atoms with Gasteiger partial charge in [0, 0.05) is 10.4 Å². The lowest BCUT2D eigenvalue weighted by Crippen LogP contribution is -2.30. The number of fused-ring (bicyclic) bond motifs is 1. The summed E-state index contributed by atoms with van der Waals surface area (Å²) in [6, 6.07) is 7.37. The Balaban J connectivity index is 2.72. The predicted molar refractivity (Wildman–Crippen MR) is 72.2 cm³/mol. The molecule has 18 heavy (non-hydrogen) atoms. The lowest BCUT2D eigenvalue weighted by atomic mass is 9.86. The minimum atomic E-state index is -1.01. The number of carboxylic acid groups (broad SMARTS) is 1. The van der Waals surface area contributed by atoms with Crippen LogP contribution in [0.3, 0.4) is 0 Å². The fourth-order valence-electron chi connectivity index (χ4n) is 1.98. The van der Waals surface area contributed by atoms with E-state index >= 15 is 0 Å². The van der Waals surface area contributed by atoms with Crippen molar-refractivity contribution in [1.29, 1.82) is 0 Å². The van der Waals surface area contributed by atoms with Gasteiger partial charge in [0.05, 0.1) is 11.2 Å². The minimum absolute atomic E-state index is 0.574. The van der Waals surface area contributed by atoms with E-state index in [-0.39, 0.29) is 0 Å². The molecular weight excluding hydrogens is 250 g/mol. The molecule has 0 aliphatic rings. The highest BCUT2D eigenvalue weighted by Crippen LogP contribution is 2.28. The molecule has 0 bridgehead atoms. The summed E-state index contributed by atoms with van der Waals surface area (Å²) >= 11 is 5.93. The zero-order valence-electron chi connectivity index (χ0n) is 10.5. The number of carbonyl (C=O) groups is 1. The lowest BCUT2D eigenvalue weighted by molar-refractivity contribution is -0.142. The molecule has 0 aliphatic carbocycles. The van der Waals surface area contributed by atoms with Crippen LogP contribution in [0.25, 0.3) is 10.9 Å². The van der Waals surface area contributed by atoms with Gasteiger partial charge in [-0.05, 0) is 44.5 Å². The van der Waals surface area contributed by atoms with Gasteiger partial charge in [-0.2, -0.15) is 0 Å². The highest BCUT2D eigenvalue weighted by molar-refractivity contribution is 6.31. The van der Waals surface area contributed by atoms with Crippen molar-refractivity contribution in [3.05, 3.63) is 40.5 Å². The van der Waals surface area contributed by atoms with Gasteiger partial charge < -0.3 is 5.11 Å². The van der Waals surface area contributed by atoms with E-state index in [4.69, 9.17) is 11.6 Å². The van der Waals surface area contributed by atoms with Crippen LogP contribution in [0.1, 0.15) is 25.1 Å². The number of aromatic nitrogens is 1. The van der Waals surface area contributed by atoms with Crippen molar-refractivity contribution < 1.29 is 9.90 Å². The number of benzene rings is 1. The van der Waals surface area contributed by atoms with Gasteiger partial charge in [0.25, 0.3) is 0 Å². The van der Waals surface area contributed by atoms with Crippen molar-refractivity contribution in [1.82, 2.24) is 4.98 Å². The first kappa shape index (κ1) is 12.8. The van der Waals surface area contributed by atoms with Gasteiger partial charge in [-0.1, -0.05) is 17.7 Å². The van der Waals surface area contributed by atoms with E-state index in [1.807, 2.05) is 19.1 Å². The van der Waals surface area contributed by atoms with Crippen molar-refractivity contribution in [2.24, 2.45) is 0 Å². The van der Waals surface area contributed by atoms with Crippen molar-refractivity contribution in [3.8, 4) is 0 Å². The molecule has 2 aromatic rings. The summed E-state index contributed by atoms with van der Waals surface area (Å²) in [5, 5.41) is 10.8. The Hall–Kier alpha value is -1.61. The Morgan fingerprint density at radius 3 is 2.61 bits per heavy atom. The molecule has 94 valence electrons. The Morgan fingerprint density at radius 1 is 1.33 bits per heavy atom. The second kappa shape index (κ2) is 4.25. The number of rotatable bonds is 2. The standard InChI is InChI=1S/C14H14ClNO2/c1-8-6-9-4-5-10(15)7-11(9)16-12(8)14(2,3)13(17)18/h4-7H,1-3H3,(H,17,18). The van der Waals surface area contributed by atoms with Gasteiger partial charge in [0.2, 0.25) is 0 Å². The summed E-state index contributed by atoms with van der Waals surface area (Å²) in [5.41, 5.74) is 1.15. The second-order valence-electron chi connectivity index (χ2n) is 4.92. The molecular formula is C14H14ClNO2. The van der Waals surface area contributed by atoms with Crippen LogP contribution in [0, 0.1) is 6.92 Å². The van der Waals surface area contributed by atoms with Crippen LogP contribution < -0.4 is 0 Å². The number of hydrogen-bond donors (Lipinski definition) is 1. The van der Waals surface area contributed by atoms with Gasteiger partial charge in [0.15, 0.2) is 0 Å². The monoisotopic (exact) mass is 263 g/mol. The third-order valence-corrected chi connectivity index (χ3v) is 3.33. The molecule has 0 spiro atoms. The van der Waals surface area contributed by atoms with E-state index < -0.39 is 11.4 Å². The number of carboxylic acids is 1. The molecule has 3 nitrogen and oxygen atoms in total. The van der Waals surface area contributed by atoms with E-state index in [1.165, 1.54) is 0 Å². The quantitative estimate of drug-likeness (QED) is 0.901. The number of pyridine rings is 1. The summed E-state index contributed by atoms with van der Waals surface area (Å²) in [6.07, 6.45) is 0. The third kappa shape index (κ3) is 2.06. The second-order valence-corrected chi connectivity index (χ2v) is 5.36. The van der Waals surface area contributed by atoms with Crippen LogP contribution in [0.15, 0.2) is 24.3 Å². The summed E-state index contributed by atoms with van der Waals surface area (Å²) in [5.74, 6) is -0.889. The van der Waals surface area contributed by atoms with E-state index in [0.29, 0.717) is 10.7 Å². The molecule has 0 saturated carbocycles. The van der Waals surface area contributed by atoms with Gasteiger partial charge in [-0.3, -0.25) is 9.78 Å². The molecule has 2 rings (SSSR count). The Labute approximate surface area is 110 Å². The zero-order chi connectivity index (χ0) is 13.5. The first-order valence-electron chi connectivity index (χ1n) is 5.63. The molecule has 0 amide bonds. The third-order valence-electron chi connectivity index (χ3n) is 3.10. The van der Waals surface area contributed by atoms with E-state index in [2.05, 4.69) is 4.98 Å². The van der Waals surface area contributed by atoms with Crippen molar-refractivity contribution in [3.63, 3.8) is 0 Å². The van der Waals surface area contributed by atoms with Crippen LogP contribution >= 0.6 is 11.6 Å². The summed E-state index contributed by atoms with van der Waals surface area (Å²) < 4.78 is 0. The maximum Gasteiger partial charge on any atom is 0.315 e. The topological polar surface area (TPSA) is 50.2 Å². The number of aliphatic carboxylic acids is 1. The van der Waals surface area contributed by atoms with E-state index in [1.54, 1.807) is 26.0 Å². The zero-order valence-corrected chi connectivity index (χ0v) is 11.2. The lowest BCUT2D eigenvalue weighted by Gasteiger charge is -2.21. The molecule has 0 fully saturated rings. The van der Waals surface area contributed by atoms with Gasteiger partial charge in [-0.15, -0.1) is 0 Å². The van der Waals surface area contributed by atoms with Crippen LogP contribution in [0.2, 0.25) is 5.02 Å². The molecule has 1 N–H and O–H groups in total. The first-order chi connectivity index (χ1) is 8.32. The van der Waals surface area contributed by atoms with Crippen LogP contribution in [-0.4, -0.2) is 16.1 Å². The summed E-state index contributed by atoms with van der Waals surface area (Å²) in [4.78, 5) is 15.8. The Kier molecular flexibility index (Phi) is 3.03. The van der Waals surface area contributed by atoms with Gasteiger partial charge in [0.1, 0.15) is 5.41 Å². The molecule has 1 aromatic carbocycles. The van der Waals surface area contributed by atoms with Crippen molar-refractivity contribution in [2.45, 2.75) is 26.2 Å². The molecule has 0 unspecified atom stereocenters. The highest BCUT2D eigenvalue weighted by Gasteiger charge is 2.32. The van der Waals surface area contributed by atoms with Gasteiger partial charge >= 0.3 is 5.97 Å². The number of aryl methyl sites for hydroxylation is 1. The van der Waals surface area contributed by atoms with E-state index in [0.717, 1.165) is 16.5 Å². The van der Waals surface area contributed by atoms with Crippen molar-refractivity contribution in [2.75, 3.05) is 0 Å². The average Bonchev–Trinajstić information content (AvgIpc) is 2.28. The summed E-state index contributed by atoms with van der Waals surface area (Å²) in [6.45, 7) is 5.18. The van der Waals surface area contributed by atoms with Crippen LogP contribution in [-0.2, 0) is 10.2 Å². The minimum Gasteiger partial charge on any atom is -0.481 e. The SMILES string of the molecule is Cc1cc2ccc(Cl)cc2nc1C(C)(C)C(=O)O. The molecule has 0 atom stereocenters. The first-order valence-corrected chi connectivity index (χ1v) is 6.01. The molecule has 0 radical (unpaired) electrons. The predicted octanol–water partition coefficient (Wildman–Crippen LogP) is 3.56. The molecule has 4 heteroatoms. The molecule has 0 saturated heterocycles. The maximum absolute atomic E-state index is 11.3. The number of halogens is 1. The average molecular weight is 264 g/mol. The highest BCUT2D eigenvalue weighted by atomic mass is 35.5. The molecule has 1 aromatic heterocycles. The molecule has 1 heterocycles.